The van der Waals surface area contributed by atoms with Gasteiger partial charge in [0.05, 0.1) is 17.4 Å². The Morgan fingerprint density at radius 3 is 2.77 bits per heavy atom. The number of nitrogens with zero attached hydrogens (tertiary/aromatic N) is 5. The number of aryl methyl sites for hydroxylation is 2. The molecule has 30 heavy (non-hydrogen) atoms. The SMILES string of the molecule is Cc1nc(-c2ccc(C)c(NC(=O)c3cnc4ccc(-c5cscn5)cn34)c2)no1. The highest BCUT2D eigenvalue weighted by atomic mass is 32.1. The predicted octanol–water partition coefficient (Wildman–Crippen LogP) is 4.38. The van der Waals surface area contributed by atoms with E-state index in [0.717, 1.165) is 22.4 Å². The monoisotopic (exact) mass is 416 g/mol. The normalized spacial score (nSPS) is 11.1. The maximum absolute atomic E-state index is 13.1. The minimum atomic E-state index is -0.262. The molecule has 5 rings (SSSR count). The molecule has 0 radical (unpaired) electrons. The van der Waals surface area contributed by atoms with Gasteiger partial charge in [-0.1, -0.05) is 17.3 Å². The summed E-state index contributed by atoms with van der Waals surface area (Å²) in [6.45, 7) is 3.66. The van der Waals surface area contributed by atoms with Crippen molar-refractivity contribution in [1.29, 1.82) is 0 Å². The zero-order valence-corrected chi connectivity index (χ0v) is 17.0. The van der Waals surface area contributed by atoms with Gasteiger partial charge in [-0.3, -0.25) is 9.20 Å². The van der Waals surface area contributed by atoms with Crippen LogP contribution in [-0.2, 0) is 0 Å². The second-order valence-electron chi connectivity index (χ2n) is 6.78. The third kappa shape index (κ3) is 3.25. The molecule has 148 valence electrons. The summed E-state index contributed by atoms with van der Waals surface area (Å²) >= 11 is 1.52. The minimum Gasteiger partial charge on any atom is -0.339 e. The maximum Gasteiger partial charge on any atom is 0.274 e. The summed E-state index contributed by atoms with van der Waals surface area (Å²) in [6, 6.07) is 9.45. The van der Waals surface area contributed by atoms with Gasteiger partial charge in [-0.15, -0.1) is 11.3 Å². The van der Waals surface area contributed by atoms with E-state index in [1.807, 2.05) is 48.8 Å². The van der Waals surface area contributed by atoms with Crippen molar-refractivity contribution in [3.63, 3.8) is 0 Å². The van der Waals surface area contributed by atoms with Gasteiger partial charge < -0.3 is 9.84 Å². The van der Waals surface area contributed by atoms with Crippen molar-refractivity contribution < 1.29 is 9.32 Å². The van der Waals surface area contributed by atoms with Crippen molar-refractivity contribution in [3.8, 4) is 22.6 Å². The lowest BCUT2D eigenvalue weighted by Gasteiger charge is -2.10. The molecule has 0 atom stereocenters. The number of aromatic nitrogens is 5. The average molecular weight is 416 g/mol. The topological polar surface area (TPSA) is 98.2 Å². The lowest BCUT2D eigenvalue weighted by atomic mass is 10.1. The van der Waals surface area contributed by atoms with Gasteiger partial charge >= 0.3 is 0 Å². The van der Waals surface area contributed by atoms with E-state index in [1.54, 1.807) is 23.0 Å². The first-order valence-corrected chi connectivity index (χ1v) is 10.1. The standard InChI is InChI=1S/C21H16N6O2S/c1-12-3-4-14(20-24-13(2)29-26-20)7-16(12)25-21(28)18-8-22-19-6-5-15(9-27(18)19)17-10-30-11-23-17/h3-11H,1-2H3,(H,25,28). The molecule has 0 unspecified atom stereocenters. The molecule has 1 aromatic carbocycles. The fourth-order valence-corrected chi connectivity index (χ4v) is 3.71. The van der Waals surface area contributed by atoms with Gasteiger partial charge in [0.15, 0.2) is 0 Å². The van der Waals surface area contributed by atoms with E-state index in [2.05, 4.69) is 25.4 Å². The highest BCUT2D eigenvalue weighted by Gasteiger charge is 2.16. The van der Waals surface area contributed by atoms with Crippen LogP contribution in [0.25, 0.3) is 28.3 Å². The summed E-state index contributed by atoms with van der Waals surface area (Å²) < 4.78 is 6.82. The van der Waals surface area contributed by atoms with Crippen LogP contribution < -0.4 is 5.32 Å². The van der Waals surface area contributed by atoms with Crippen LogP contribution >= 0.6 is 11.3 Å². The Bertz CT molecular complexity index is 1370. The van der Waals surface area contributed by atoms with Gasteiger partial charge in [-0.25, -0.2) is 9.97 Å². The van der Waals surface area contributed by atoms with Crippen LogP contribution in [0.5, 0.6) is 0 Å². The number of hydrogen-bond donors (Lipinski definition) is 1. The number of carbonyl (C=O) groups excluding carboxylic acids is 1. The number of fused-ring (bicyclic) bond motifs is 1. The number of hydrogen-bond acceptors (Lipinski definition) is 7. The van der Waals surface area contributed by atoms with E-state index in [0.29, 0.717) is 28.7 Å². The maximum atomic E-state index is 13.1. The molecule has 0 aliphatic rings. The van der Waals surface area contributed by atoms with Crippen molar-refractivity contribution in [2.75, 3.05) is 5.32 Å². The largest absolute Gasteiger partial charge is 0.339 e. The first-order valence-electron chi connectivity index (χ1n) is 9.17. The number of benzene rings is 1. The second kappa shape index (κ2) is 7.20. The van der Waals surface area contributed by atoms with E-state index >= 15 is 0 Å². The molecule has 0 aliphatic carbocycles. The fraction of sp³-hybridized carbons (Fsp3) is 0.0952. The van der Waals surface area contributed by atoms with Gasteiger partial charge in [0, 0.05) is 35.3 Å². The van der Waals surface area contributed by atoms with Crippen LogP contribution in [-0.4, -0.2) is 30.4 Å². The Labute approximate surface area is 175 Å². The number of thiazole rings is 1. The van der Waals surface area contributed by atoms with Gasteiger partial charge in [-0.2, -0.15) is 4.98 Å². The third-order valence-electron chi connectivity index (χ3n) is 4.74. The number of amides is 1. The van der Waals surface area contributed by atoms with Crippen LogP contribution in [0, 0.1) is 13.8 Å². The number of pyridine rings is 1. The van der Waals surface area contributed by atoms with Crippen LogP contribution in [0.4, 0.5) is 5.69 Å². The predicted molar refractivity (Wildman–Crippen MR) is 113 cm³/mol. The number of imidazole rings is 1. The molecule has 0 bridgehead atoms. The first-order chi connectivity index (χ1) is 14.6. The number of rotatable bonds is 4. The van der Waals surface area contributed by atoms with E-state index in [1.165, 1.54) is 11.3 Å². The Balaban J connectivity index is 1.48. The minimum absolute atomic E-state index is 0.262. The van der Waals surface area contributed by atoms with Gasteiger partial charge in [0.1, 0.15) is 11.3 Å². The molecule has 4 aromatic heterocycles. The molecule has 1 N–H and O–H groups in total. The summed E-state index contributed by atoms with van der Waals surface area (Å²) in [5.74, 6) is 0.700. The number of carbonyl (C=O) groups is 1. The Morgan fingerprint density at radius 2 is 2.00 bits per heavy atom. The Hall–Kier alpha value is -3.85. The van der Waals surface area contributed by atoms with Crippen LogP contribution in [0.15, 0.2) is 58.1 Å². The van der Waals surface area contributed by atoms with Crippen molar-refractivity contribution in [2.45, 2.75) is 13.8 Å². The molecule has 9 heteroatoms. The quantitative estimate of drug-likeness (QED) is 0.467. The van der Waals surface area contributed by atoms with Crippen molar-refractivity contribution in [1.82, 2.24) is 24.5 Å². The lowest BCUT2D eigenvalue weighted by molar-refractivity contribution is 0.102. The van der Waals surface area contributed by atoms with Crippen LogP contribution in [0.3, 0.4) is 0 Å². The summed E-state index contributed by atoms with van der Waals surface area (Å²) in [4.78, 5) is 26.0. The molecule has 8 nitrogen and oxygen atoms in total. The highest BCUT2D eigenvalue weighted by molar-refractivity contribution is 7.07. The molecular formula is C21H16N6O2S. The Kier molecular flexibility index (Phi) is 4.36. The average Bonchev–Trinajstić information content (AvgIpc) is 3.49. The van der Waals surface area contributed by atoms with E-state index in [9.17, 15) is 4.79 Å². The summed E-state index contributed by atoms with van der Waals surface area (Å²) in [5.41, 5.74) is 7.03. The zero-order chi connectivity index (χ0) is 20.7. The molecule has 5 aromatic rings. The summed E-state index contributed by atoms with van der Waals surface area (Å²) in [6.07, 6.45) is 3.44. The molecule has 0 spiro atoms. The van der Waals surface area contributed by atoms with Crippen LogP contribution in [0.2, 0.25) is 0 Å². The van der Waals surface area contributed by atoms with Gasteiger partial charge in [0.2, 0.25) is 11.7 Å². The summed E-state index contributed by atoms with van der Waals surface area (Å²) in [5, 5.41) is 8.88. The molecular weight excluding hydrogens is 400 g/mol. The molecule has 4 heterocycles. The number of anilines is 1. The summed E-state index contributed by atoms with van der Waals surface area (Å²) in [7, 11) is 0. The highest BCUT2D eigenvalue weighted by Crippen LogP contribution is 2.25. The van der Waals surface area contributed by atoms with Gasteiger partial charge in [-0.05, 0) is 30.7 Å². The fourth-order valence-electron chi connectivity index (χ4n) is 3.15. The van der Waals surface area contributed by atoms with E-state index < -0.39 is 0 Å². The molecule has 0 aliphatic heterocycles. The molecule has 0 saturated heterocycles. The molecule has 1 amide bonds. The zero-order valence-electron chi connectivity index (χ0n) is 16.2. The smallest absolute Gasteiger partial charge is 0.274 e. The van der Waals surface area contributed by atoms with E-state index in [-0.39, 0.29) is 5.91 Å². The molecule has 0 saturated carbocycles. The van der Waals surface area contributed by atoms with Crippen LogP contribution in [0.1, 0.15) is 21.9 Å². The Morgan fingerprint density at radius 1 is 1.13 bits per heavy atom. The molecule has 0 fully saturated rings. The second-order valence-corrected chi connectivity index (χ2v) is 7.50. The lowest BCUT2D eigenvalue weighted by Crippen LogP contribution is -2.15. The van der Waals surface area contributed by atoms with Gasteiger partial charge in [0.25, 0.3) is 5.91 Å². The van der Waals surface area contributed by atoms with E-state index in [4.69, 9.17) is 4.52 Å². The van der Waals surface area contributed by atoms with Crippen molar-refractivity contribution in [2.24, 2.45) is 0 Å². The first kappa shape index (κ1) is 18.2. The number of nitrogens with one attached hydrogen (secondary N) is 1. The third-order valence-corrected chi connectivity index (χ3v) is 5.32. The van der Waals surface area contributed by atoms with Crippen molar-refractivity contribution in [3.05, 3.63) is 70.8 Å². The van der Waals surface area contributed by atoms with Crippen molar-refractivity contribution >= 4 is 28.6 Å².